The maximum Gasteiger partial charge on any atom is 0.419 e. The lowest BCUT2D eigenvalue weighted by atomic mass is 11.3. The standard InChI is InChI=1S/2C2H4.ClH2O3P/c2*1-2;1-5(2,3)4/h2*1-2H2;(H2,2,3,4). The molecular weight excluding hydrogens is 162 g/mol. The third kappa shape index (κ3) is 43400. The molecule has 0 amide bonds. The first kappa shape index (κ1) is 16.0. The first-order chi connectivity index (χ1) is 4.00. The molecule has 3 nitrogen and oxygen atoms in total. The monoisotopic (exact) mass is 172 g/mol. The molecule has 0 saturated heterocycles. The zero-order valence-electron chi connectivity index (χ0n) is 4.96. The van der Waals surface area contributed by atoms with Gasteiger partial charge in [-0.15, -0.1) is 26.3 Å². The van der Waals surface area contributed by atoms with Crippen LogP contribution < -0.4 is 0 Å². The summed E-state index contributed by atoms with van der Waals surface area (Å²) < 4.78 is 9.09. The SMILES string of the molecule is C=C.C=C.O=P(O)(O)Cl. The van der Waals surface area contributed by atoms with Gasteiger partial charge in [0.05, 0.1) is 0 Å². The molecule has 0 aromatic heterocycles. The van der Waals surface area contributed by atoms with Crippen molar-refractivity contribution in [1.29, 1.82) is 0 Å². The van der Waals surface area contributed by atoms with E-state index in [1.807, 2.05) is 0 Å². The van der Waals surface area contributed by atoms with Crippen LogP contribution in [0.5, 0.6) is 0 Å². The summed E-state index contributed by atoms with van der Waals surface area (Å²) in [7, 11) is 0. The Hall–Kier alpha value is -0.0800. The molecule has 0 spiro atoms. The predicted molar refractivity (Wildman–Crippen MR) is 40.4 cm³/mol. The first-order valence-electron chi connectivity index (χ1n) is 1.75. The predicted octanol–water partition coefficient (Wildman–Crippen LogP) is 1.92. The normalized spacial score (nSPS) is 7.44. The van der Waals surface area contributed by atoms with Crippen molar-refractivity contribution in [3.8, 4) is 0 Å². The highest BCUT2D eigenvalue weighted by molar-refractivity contribution is 7.79. The van der Waals surface area contributed by atoms with E-state index in [-0.39, 0.29) is 0 Å². The van der Waals surface area contributed by atoms with E-state index in [0.717, 1.165) is 0 Å². The lowest BCUT2D eigenvalue weighted by molar-refractivity contribution is 0.395. The van der Waals surface area contributed by atoms with Crippen LogP contribution in [-0.2, 0) is 4.57 Å². The van der Waals surface area contributed by atoms with Crippen LogP contribution in [0.4, 0.5) is 0 Å². The van der Waals surface area contributed by atoms with E-state index in [1.165, 1.54) is 0 Å². The molecular formula is C4H10ClO3P. The topological polar surface area (TPSA) is 57.5 Å². The van der Waals surface area contributed by atoms with Crippen molar-refractivity contribution in [2.24, 2.45) is 0 Å². The van der Waals surface area contributed by atoms with Crippen LogP contribution in [0.25, 0.3) is 0 Å². The lowest BCUT2D eigenvalue weighted by Crippen LogP contribution is -1.54. The summed E-state index contributed by atoms with van der Waals surface area (Å²) in [5.41, 5.74) is 0. The van der Waals surface area contributed by atoms with Crippen LogP contribution in [0, 0.1) is 0 Å². The summed E-state index contributed by atoms with van der Waals surface area (Å²) in [6, 6.07) is 0. The Morgan fingerprint density at radius 1 is 1.11 bits per heavy atom. The van der Waals surface area contributed by atoms with Crippen LogP contribution in [0.3, 0.4) is 0 Å². The molecule has 0 bridgehead atoms. The third-order valence-corrected chi connectivity index (χ3v) is 0. The summed E-state index contributed by atoms with van der Waals surface area (Å²) in [5, 5.41) is 0. The average Bonchev–Trinajstić information content (AvgIpc) is 1.72. The minimum Gasteiger partial charge on any atom is -0.313 e. The highest BCUT2D eigenvalue weighted by Crippen LogP contribution is 2.39. The van der Waals surface area contributed by atoms with Gasteiger partial charge in [0.25, 0.3) is 0 Å². The van der Waals surface area contributed by atoms with Crippen molar-refractivity contribution in [2.45, 2.75) is 0 Å². The molecule has 0 atom stereocenters. The van der Waals surface area contributed by atoms with E-state index in [2.05, 4.69) is 37.6 Å². The highest BCUT2D eigenvalue weighted by atomic mass is 35.7. The molecule has 0 aromatic rings. The summed E-state index contributed by atoms with van der Waals surface area (Å²) in [6.45, 7) is 7.83. The van der Waals surface area contributed by atoms with Gasteiger partial charge in [0, 0.05) is 11.2 Å². The van der Waals surface area contributed by atoms with Crippen molar-refractivity contribution >= 4 is 18.2 Å². The van der Waals surface area contributed by atoms with Crippen molar-refractivity contribution < 1.29 is 14.4 Å². The molecule has 9 heavy (non-hydrogen) atoms. The van der Waals surface area contributed by atoms with Crippen LogP contribution in [0.15, 0.2) is 26.3 Å². The molecule has 56 valence electrons. The number of halogens is 1. The largest absolute Gasteiger partial charge is 0.419 e. The quantitative estimate of drug-likeness (QED) is 0.434. The fourth-order valence-corrected chi connectivity index (χ4v) is 0. The van der Waals surface area contributed by atoms with Gasteiger partial charge in [-0.2, -0.15) is 0 Å². The smallest absolute Gasteiger partial charge is 0.313 e. The van der Waals surface area contributed by atoms with Crippen molar-refractivity contribution in [2.75, 3.05) is 0 Å². The molecule has 0 aliphatic carbocycles. The summed E-state index contributed by atoms with van der Waals surface area (Å²) >= 11 is 4.20. The first-order valence-corrected chi connectivity index (χ1v) is 4.27. The number of hydrogen-bond donors (Lipinski definition) is 2. The van der Waals surface area contributed by atoms with E-state index in [0.29, 0.717) is 0 Å². The van der Waals surface area contributed by atoms with E-state index in [4.69, 9.17) is 14.4 Å². The summed E-state index contributed by atoms with van der Waals surface area (Å²) in [4.78, 5) is 14.8. The van der Waals surface area contributed by atoms with Gasteiger partial charge in [0.1, 0.15) is 0 Å². The average molecular weight is 173 g/mol. The van der Waals surface area contributed by atoms with Gasteiger partial charge < -0.3 is 9.79 Å². The second-order valence-electron chi connectivity index (χ2n) is 0.473. The zero-order valence-corrected chi connectivity index (χ0v) is 6.61. The highest BCUT2D eigenvalue weighted by Gasteiger charge is 2.01. The molecule has 0 aromatic carbocycles. The Morgan fingerprint density at radius 2 is 1.11 bits per heavy atom. The molecule has 0 aliphatic rings. The summed E-state index contributed by atoms with van der Waals surface area (Å²) in [6.07, 6.45) is 0. The molecule has 5 heteroatoms. The van der Waals surface area contributed by atoms with Gasteiger partial charge in [0.15, 0.2) is 0 Å². The number of rotatable bonds is 0. The Morgan fingerprint density at radius 3 is 1.11 bits per heavy atom. The van der Waals surface area contributed by atoms with Gasteiger partial charge in [-0.1, -0.05) is 0 Å². The Balaban J connectivity index is -0.0000000771. The van der Waals surface area contributed by atoms with E-state index in [1.54, 1.807) is 0 Å². The molecule has 0 unspecified atom stereocenters. The second-order valence-corrected chi connectivity index (χ2v) is 2.74. The van der Waals surface area contributed by atoms with E-state index < -0.39 is 6.95 Å². The van der Waals surface area contributed by atoms with Crippen LogP contribution in [0.2, 0.25) is 0 Å². The van der Waals surface area contributed by atoms with Crippen LogP contribution in [-0.4, -0.2) is 9.79 Å². The fourth-order valence-electron chi connectivity index (χ4n) is 0. The number of hydrogen-bond acceptors (Lipinski definition) is 1. The Bertz CT molecular complexity index is 79.5. The molecule has 0 rings (SSSR count). The maximum absolute atomic E-state index is 9.09. The maximum atomic E-state index is 9.09. The Kier molecular flexibility index (Phi) is 19.2. The van der Waals surface area contributed by atoms with Crippen LogP contribution >= 0.6 is 18.2 Å². The van der Waals surface area contributed by atoms with E-state index >= 15 is 0 Å². The summed E-state index contributed by atoms with van der Waals surface area (Å²) in [5.74, 6) is 0. The minimum atomic E-state index is -4.17. The molecule has 0 aliphatic heterocycles. The van der Waals surface area contributed by atoms with Gasteiger partial charge in [-0.3, -0.25) is 0 Å². The molecule has 2 N–H and O–H groups in total. The van der Waals surface area contributed by atoms with Gasteiger partial charge in [-0.25, -0.2) is 4.57 Å². The van der Waals surface area contributed by atoms with Crippen molar-refractivity contribution in [1.82, 2.24) is 0 Å². The Labute approximate surface area is 59.6 Å². The third-order valence-electron chi connectivity index (χ3n) is 0. The molecule has 0 radical (unpaired) electrons. The molecule has 0 heterocycles. The second kappa shape index (κ2) is 10.8. The van der Waals surface area contributed by atoms with Gasteiger partial charge >= 0.3 is 6.95 Å². The van der Waals surface area contributed by atoms with Gasteiger partial charge in [0.2, 0.25) is 0 Å². The van der Waals surface area contributed by atoms with Gasteiger partial charge in [-0.05, 0) is 0 Å². The minimum absolute atomic E-state index is 3.00. The van der Waals surface area contributed by atoms with Crippen molar-refractivity contribution in [3.05, 3.63) is 26.3 Å². The molecule has 0 fully saturated rings. The lowest BCUT2D eigenvalue weighted by Gasteiger charge is -1.80. The van der Waals surface area contributed by atoms with Crippen molar-refractivity contribution in [3.63, 3.8) is 0 Å². The van der Waals surface area contributed by atoms with E-state index in [9.17, 15) is 0 Å². The fraction of sp³-hybridized carbons (Fsp3) is 0. The molecule has 0 saturated carbocycles. The zero-order chi connectivity index (χ0) is 8.50. The van der Waals surface area contributed by atoms with Crippen LogP contribution in [0.1, 0.15) is 0 Å².